The van der Waals surface area contributed by atoms with Gasteiger partial charge in [0.15, 0.2) is 9.84 Å². The van der Waals surface area contributed by atoms with E-state index in [0.29, 0.717) is 22.9 Å². The van der Waals surface area contributed by atoms with Gasteiger partial charge in [-0.25, -0.2) is 13.4 Å². The highest BCUT2D eigenvalue weighted by molar-refractivity contribution is 7.90. The third-order valence-electron chi connectivity index (χ3n) is 5.22. The molecule has 1 N–H and O–H groups in total. The Hall–Kier alpha value is -3.12. The molecule has 5 nitrogen and oxygen atoms in total. The van der Waals surface area contributed by atoms with Gasteiger partial charge in [-0.1, -0.05) is 57.2 Å². The quantitative estimate of drug-likeness (QED) is 0.450. The number of sulfone groups is 1. The van der Waals surface area contributed by atoms with E-state index < -0.39 is 9.84 Å². The van der Waals surface area contributed by atoms with Crippen LogP contribution in [0.1, 0.15) is 32.2 Å². The number of aromatic nitrogens is 2. The number of nitrogens with one attached hydrogen (secondary N) is 1. The van der Waals surface area contributed by atoms with Crippen LogP contribution in [-0.4, -0.2) is 24.6 Å². The molecule has 160 valence electrons. The van der Waals surface area contributed by atoms with Gasteiger partial charge in [0.25, 0.3) is 0 Å². The minimum atomic E-state index is -3.33. The van der Waals surface area contributed by atoms with Gasteiger partial charge < -0.3 is 9.72 Å². The van der Waals surface area contributed by atoms with Crippen molar-refractivity contribution in [1.82, 2.24) is 9.97 Å². The number of ether oxygens (including phenoxy) is 1. The van der Waals surface area contributed by atoms with Gasteiger partial charge in [0.05, 0.1) is 15.9 Å². The van der Waals surface area contributed by atoms with Crippen LogP contribution < -0.4 is 4.74 Å². The van der Waals surface area contributed by atoms with Crippen molar-refractivity contribution < 1.29 is 13.2 Å². The summed E-state index contributed by atoms with van der Waals surface area (Å²) in [6.45, 7) is 6.86. The molecule has 3 aromatic carbocycles. The van der Waals surface area contributed by atoms with Crippen molar-refractivity contribution in [2.45, 2.75) is 37.7 Å². The van der Waals surface area contributed by atoms with E-state index in [-0.39, 0.29) is 5.41 Å². The number of fused-ring (bicyclic) bond motifs is 1. The third-order valence-corrected chi connectivity index (χ3v) is 6.38. The second-order valence-electron chi connectivity index (χ2n) is 8.75. The number of imidazole rings is 1. The number of aromatic amines is 1. The molecule has 0 radical (unpaired) electrons. The van der Waals surface area contributed by atoms with Crippen LogP contribution >= 0.6 is 0 Å². The van der Waals surface area contributed by atoms with Gasteiger partial charge in [-0.15, -0.1) is 0 Å². The van der Waals surface area contributed by atoms with Crippen LogP contribution in [0.4, 0.5) is 0 Å². The fraction of sp³-hybridized carbons (Fsp3) is 0.240. The number of hydrogen-bond donors (Lipinski definition) is 1. The highest BCUT2D eigenvalue weighted by Gasteiger charge is 2.15. The molecule has 0 aliphatic rings. The summed E-state index contributed by atoms with van der Waals surface area (Å²) in [5.74, 6) is 1.50. The molecule has 0 amide bonds. The molecular formula is C25H26N2O3S. The Kier molecular flexibility index (Phi) is 5.35. The van der Waals surface area contributed by atoms with Crippen LogP contribution in [0.5, 0.6) is 5.75 Å². The Morgan fingerprint density at radius 2 is 1.68 bits per heavy atom. The molecular weight excluding hydrogens is 408 g/mol. The van der Waals surface area contributed by atoms with Crippen molar-refractivity contribution in [1.29, 1.82) is 0 Å². The van der Waals surface area contributed by atoms with Crippen LogP contribution in [0.2, 0.25) is 0 Å². The zero-order chi connectivity index (χ0) is 22.2. The molecule has 0 atom stereocenters. The first kappa shape index (κ1) is 21.1. The zero-order valence-electron chi connectivity index (χ0n) is 18.1. The van der Waals surface area contributed by atoms with Crippen LogP contribution in [-0.2, 0) is 21.9 Å². The average molecular weight is 435 g/mol. The van der Waals surface area contributed by atoms with Gasteiger partial charge >= 0.3 is 0 Å². The van der Waals surface area contributed by atoms with E-state index in [1.54, 1.807) is 12.1 Å². The van der Waals surface area contributed by atoms with Gasteiger partial charge in [0.1, 0.15) is 18.2 Å². The number of benzene rings is 3. The molecule has 0 saturated carbocycles. The van der Waals surface area contributed by atoms with E-state index in [2.05, 4.69) is 42.9 Å². The summed E-state index contributed by atoms with van der Waals surface area (Å²) in [6.07, 6.45) is 1.23. The zero-order valence-corrected chi connectivity index (χ0v) is 19.0. The van der Waals surface area contributed by atoms with Crippen molar-refractivity contribution >= 4 is 20.9 Å². The van der Waals surface area contributed by atoms with Gasteiger partial charge in [-0.3, -0.25) is 0 Å². The molecule has 0 bridgehead atoms. The van der Waals surface area contributed by atoms with E-state index in [1.807, 2.05) is 42.5 Å². The molecule has 31 heavy (non-hydrogen) atoms. The normalized spacial score (nSPS) is 12.3. The lowest BCUT2D eigenvalue weighted by Crippen LogP contribution is -2.10. The molecule has 0 saturated heterocycles. The molecule has 0 fully saturated rings. The van der Waals surface area contributed by atoms with E-state index in [0.717, 1.165) is 22.3 Å². The molecule has 4 aromatic rings. The second-order valence-corrected chi connectivity index (χ2v) is 10.7. The number of hydrogen-bond acceptors (Lipinski definition) is 4. The monoisotopic (exact) mass is 434 g/mol. The first-order valence-electron chi connectivity index (χ1n) is 10.1. The fourth-order valence-electron chi connectivity index (χ4n) is 3.53. The number of H-pyrrole nitrogens is 1. The smallest absolute Gasteiger partial charge is 0.176 e. The summed E-state index contributed by atoms with van der Waals surface area (Å²) in [5.41, 5.74) is 4.50. The Balaban J connectivity index is 1.56. The highest BCUT2D eigenvalue weighted by atomic mass is 32.2. The first-order chi connectivity index (χ1) is 14.6. The maximum Gasteiger partial charge on any atom is 0.176 e. The first-order valence-corrected chi connectivity index (χ1v) is 12.0. The van der Waals surface area contributed by atoms with Crippen LogP contribution in [0.15, 0.2) is 71.6 Å². The fourth-order valence-corrected chi connectivity index (χ4v) is 4.44. The molecule has 0 spiro atoms. The van der Waals surface area contributed by atoms with Crippen molar-refractivity contribution in [2.24, 2.45) is 0 Å². The predicted octanol–water partition coefficient (Wildman–Crippen LogP) is 5.51. The van der Waals surface area contributed by atoms with E-state index in [1.165, 1.54) is 11.8 Å². The third kappa shape index (κ3) is 4.64. The summed E-state index contributed by atoms with van der Waals surface area (Å²) in [6, 6.07) is 20.8. The van der Waals surface area contributed by atoms with Gasteiger partial charge in [-0.2, -0.15) is 0 Å². The summed E-state index contributed by atoms with van der Waals surface area (Å²) in [7, 11) is -3.33. The molecule has 0 aliphatic heterocycles. The summed E-state index contributed by atoms with van der Waals surface area (Å²) in [5, 5.41) is 0. The standard InChI is InChI=1S/C25H26N2O3S/c1-25(2,3)18-10-12-19(13-11-18)30-16-24-26-21-14-9-17(15-22(21)27-24)20-7-5-6-8-23(20)31(4,28)29/h5-15H,16H2,1-4H3,(H,26,27). The minimum absolute atomic E-state index is 0.102. The lowest BCUT2D eigenvalue weighted by atomic mass is 9.87. The Morgan fingerprint density at radius 3 is 2.35 bits per heavy atom. The molecule has 1 heterocycles. The van der Waals surface area contributed by atoms with E-state index in [9.17, 15) is 8.42 Å². The molecule has 1 aromatic heterocycles. The average Bonchev–Trinajstić information content (AvgIpc) is 3.13. The highest BCUT2D eigenvalue weighted by Crippen LogP contribution is 2.29. The summed E-state index contributed by atoms with van der Waals surface area (Å²) >= 11 is 0. The van der Waals surface area contributed by atoms with Crippen molar-refractivity contribution in [3.63, 3.8) is 0 Å². The maximum atomic E-state index is 12.2. The number of rotatable bonds is 5. The summed E-state index contributed by atoms with van der Waals surface area (Å²) < 4.78 is 30.2. The number of nitrogens with zero attached hydrogens (tertiary/aromatic N) is 1. The lowest BCUT2D eigenvalue weighted by molar-refractivity contribution is 0.297. The maximum absolute atomic E-state index is 12.2. The Morgan fingerprint density at radius 1 is 0.968 bits per heavy atom. The van der Waals surface area contributed by atoms with Crippen molar-refractivity contribution in [3.8, 4) is 16.9 Å². The minimum Gasteiger partial charge on any atom is -0.486 e. The Labute approximate surface area is 183 Å². The molecule has 0 aliphatic carbocycles. The van der Waals surface area contributed by atoms with E-state index >= 15 is 0 Å². The van der Waals surface area contributed by atoms with Crippen LogP contribution in [0, 0.1) is 0 Å². The van der Waals surface area contributed by atoms with Crippen LogP contribution in [0.25, 0.3) is 22.2 Å². The summed E-state index contributed by atoms with van der Waals surface area (Å²) in [4.78, 5) is 8.19. The topological polar surface area (TPSA) is 72.0 Å². The molecule has 6 heteroatoms. The van der Waals surface area contributed by atoms with Crippen molar-refractivity contribution in [2.75, 3.05) is 6.26 Å². The van der Waals surface area contributed by atoms with Gasteiger partial charge in [0.2, 0.25) is 0 Å². The van der Waals surface area contributed by atoms with E-state index in [4.69, 9.17) is 4.74 Å². The van der Waals surface area contributed by atoms with Gasteiger partial charge in [-0.05, 0) is 46.9 Å². The predicted molar refractivity (Wildman–Crippen MR) is 124 cm³/mol. The second kappa shape index (κ2) is 7.85. The molecule has 0 unspecified atom stereocenters. The Bertz CT molecular complexity index is 1330. The SMILES string of the molecule is CC(C)(C)c1ccc(OCc2nc3ccc(-c4ccccc4S(C)(=O)=O)cc3[nH]2)cc1. The van der Waals surface area contributed by atoms with Crippen molar-refractivity contribution in [3.05, 3.63) is 78.1 Å². The molecule has 4 rings (SSSR count). The largest absolute Gasteiger partial charge is 0.486 e. The lowest BCUT2D eigenvalue weighted by Gasteiger charge is -2.19. The van der Waals surface area contributed by atoms with Gasteiger partial charge in [0, 0.05) is 11.8 Å². The van der Waals surface area contributed by atoms with Crippen LogP contribution in [0.3, 0.4) is 0 Å².